The van der Waals surface area contributed by atoms with E-state index in [9.17, 15) is 8.78 Å². The van der Waals surface area contributed by atoms with E-state index in [4.69, 9.17) is 0 Å². The molecule has 0 amide bonds. The molecule has 0 bridgehead atoms. The van der Waals surface area contributed by atoms with E-state index >= 15 is 0 Å². The molecule has 0 saturated heterocycles. The molecule has 1 aromatic heterocycles. The van der Waals surface area contributed by atoms with E-state index in [0.29, 0.717) is 5.56 Å². The molecule has 18 heavy (non-hydrogen) atoms. The van der Waals surface area contributed by atoms with Gasteiger partial charge in [0.15, 0.2) is 0 Å². The smallest absolute Gasteiger partial charge is 0.130 e. The lowest BCUT2D eigenvalue weighted by Gasteiger charge is -2.20. The van der Waals surface area contributed by atoms with E-state index < -0.39 is 11.6 Å². The normalized spacial score (nSPS) is 14.4. The first-order chi connectivity index (χ1) is 8.58. The van der Waals surface area contributed by atoms with Gasteiger partial charge in [-0.1, -0.05) is 12.1 Å². The molecule has 4 heteroatoms. The minimum absolute atomic E-state index is 0.143. The first-order valence-corrected chi connectivity index (χ1v) is 6.70. The van der Waals surface area contributed by atoms with Crippen LogP contribution < -0.4 is 5.32 Å². The van der Waals surface area contributed by atoms with Gasteiger partial charge in [-0.3, -0.25) is 0 Å². The molecule has 1 N–H and O–H groups in total. The van der Waals surface area contributed by atoms with Crippen molar-refractivity contribution >= 4 is 11.3 Å². The second-order valence-corrected chi connectivity index (χ2v) is 5.27. The number of rotatable bonds is 4. The summed E-state index contributed by atoms with van der Waals surface area (Å²) in [6.45, 7) is 3.91. The lowest BCUT2D eigenvalue weighted by Crippen LogP contribution is -2.22. The van der Waals surface area contributed by atoms with Crippen LogP contribution in [0.3, 0.4) is 0 Å². The molecular formula is C14H15F2NS. The van der Waals surface area contributed by atoms with Crippen molar-refractivity contribution in [3.05, 3.63) is 57.8 Å². The summed E-state index contributed by atoms with van der Waals surface area (Å²) >= 11 is 1.66. The Morgan fingerprint density at radius 2 is 1.89 bits per heavy atom. The Kier molecular flexibility index (Phi) is 4.09. The van der Waals surface area contributed by atoms with Crippen LogP contribution in [0, 0.1) is 11.6 Å². The number of hydrogen-bond acceptors (Lipinski definition) is 2. The molecule has 0 aliphatic heterocycles. The van der Waals surface area contributed by atoms with Gasteiger partial charge < -0.3 is 5.32 Å². The molecule has 1 nitrogen and oxygen atoms in total. The highest BCUT2D eigenvalue weighted by molar-refractivity contribution is 7.10. The maximum atomic E-state index is 13.6. The third kappa shape index (κ3) is 2.94. The molecule has 1 aromatic carbocycles. The van der Waals surface area contributed by atoms with Gasteiger partial charge in [0.05, 0.1) is 0 Å². The van der Waals surface area contributed by atoms with Crippen LogP contribution in [0.4, 0.5) is 8.78 Å². The Morgan fingerprint density at radius 3 is 2.50 bits per heavy atom. The minimum Gasteiger partial charge on any atom is -0.303 e. The van der Waals surface area contributed by atoms with Gasteiger partial charge in [0.25, 0.3) is 0 Å². The van der Waals surface area contributed by atoms with E-state index in [1.165, 1.54) is 17.0 Å². The first-order valence-electron chi connectivity index (χ1n) is 5.82. The average Bonchev–Trinajstić information content (AvgIpc) is 2.81. The summed E-state index contributed by atoms with van der Waals surface area (Å²) in [5, 5.41) is 5.32. The van der Waals surface area contributed by atoms with Crippen molar-refractivity contribution in [1.82, 2.24) is 5.32 Å². The molecule has 0 radical (unpaired) electrons. The highest BCUT2D eigenvalue weighted by atomic mass is 32.1. The van der Waals surface area contributed by atoms with E-state index in [0.717, 1.165) is 6.07 Å². The minimum atomic E-state index is -0.547. The third-order valence-corrected chi connectivity index (χ3v) is 3.95. The second kappa shape index (κ2) is 5.59. The Bertz CT molecular complexity index is 511. The molecule has 0 fully saturated rings. The van der Waals surface area contributed by atoms with Crippen LogP contribution in [0.5, 0.6) is 0 Å². The fraction of sp³-hybridized carbons (Fsp3) is 0.286. The Labute approximate surface area is 109 Å². The monoisotopic (exact) mass is 267 g/mol. The van der Waals surface area contributed by atoms with Crippen LogP contribution in [-0.4, -0.2) is 0 Å². The molecule has 1 unspecified atom stereocenters. The fourth-order valence-corrected chi connectivity index (χ4v) is 2.68. The molecule has 2 rings (SSSR count). The Balaban J connectivity index is 2.10. The molecule has 2 aromatic rings. The van der Waals surface area contributed by atoms with Crippen molar-refractivity contribution in [2.45, 2.75) is 25.9 Å². The van der Waals surface area contributed by atoms with Crippen molar-refractivity contribution in [2.75, 3.05) is 0 Å². The van der Waals surface area contributed by atoms with E-state index in [2.05, 4.69) is 5.32 Å². The van der Waals surface area contributed by atoms with Gasteiger partial charge >= 0.3 is 0 Å². The van der Waals surface area contributed by atoms with E-state index in [-0.39, 0.29) is 12.1 Å². The zero-order valence-corrected chi connectivity index (χ0v) is 11.1. The van der Waals surface area contributed by atoms with E-state index in [1.807, 2.05) is 31.4 Å². The number of hydrogen-bond donors (Lipinski definition) is 1. The number of nitrogens with one attached hydrogen (secondary N) is 1. The van der Waals surface area contributed by atoms with Gasteiger partial charge in [-0.05, 0) is 31.4 Å². The van der Waals surface area contributed by atoms with Gasteiger partial charge in [-0.25, -0.2) is 8.78 Å². The molecule has 2 atom stereocenters. The second-order valence-electron chi connectivity index (χ2n) is 4.29. The van der Waals surface area contributed by atoms with Crippen LogP contribution in [0.25, 0.3) is 0 Å². The van der Waals surface area contributed by atoms with Gasteiger partial charge in [-0.15, -0.1) is 11.3 Å². The molecule has 96 valence electrons. The van der Waals surface area contributed by atoms with Gasteiger partial charge in [0.1, 0.15) is 11.6 Å². The molecular weight excluding hydrogens is 252 g/mol. The highest BCUT2D eigenvalue weighted by Crippen LogP contribution is 2.24. The molecule has 0 aliphatic carbocycles. The van der Waals surface area contributed by atoms with Crippen LogP contribution in [0.15, 0.2) is 35.7 Å². The van der Waals surface area contributed by atoms with Crippen LogP contribution in [-0.2, 0) is 0 Å². The lowest BCUT2D eigenvalue weighted by molar-refractivity contribution is 0.474. The van der Waals surface area contributed by atoms with Gasteiger partial charge in [0, 0.05) is 28.6 Å². The third-order valence-electron chi connectivity index (χ3n) is 2.90. The first kappa shape index (κ1) is 13.2. The lowest BCUT2D eigenvalue weighted by atomic mass is 10.1. The highest BCUT2D eigenvalue weighted by Gasteiger charge is 2.15. The molecule has 0 saturated carbocycles. The predicted molar refractivity (Wildman–Crippen MR) is 70.6 cm³/mol. The molecule has 0 aliphatic rings. The van der Waals surface area contributed by atoms with Crippen LogP contribution >= 0.6 is 11.3 Å². The topological polar surface area (TPSA) is 12.0 Å². The van der Waals surface area contributed by atoms with Gasteiger partial charge in [0.2, 0.25) is 0 Å². The summed E-state index contributed by atoms with van der Waals surface area (Å²) in [6, 6.07) is 7.70. The van der Waals surface area contributed by atoms with Crippen LogP contribution in [0.2, 0.25) is 0 Å². The van der Waals surface area contributed by atoms with Crippen molar-refractivity contribution in [3.8, 4) is 0 Å². The number of thiophene rings is 1. The summed E-state index contributed by atoms with van der Waals surface area (Å²) in [4.78, 5) is 1.20. The Morgan fingerprint density at radius 1 is 1.11 bits per heavy atom. The van der Waals surface area contributed by atoms with Crippen LogP contribution in [0.1, 0.15) is 36.4 Å². The summed E-state index contributed by atoms with van der Waals surface area (Å²) < 4.78 is 26.5. The van der Waals surface area contributed by atoms with Crippen molar-refractivity contribution in [3.63, 3.8) is 0 Å². The van der Waals surface area contributed by atoms with Crippen molar-refractivity contribution in [1.29, 1.82) is 0 Å². The maximum Gasteiger partial charge on any atom is 0.130 e. The molecule has 0 spiro atoms. The van der Waals surface area contributed by atoms with Crippen molar-refractivity contribution in [2.24, 2.45) is 0 Å². The quantitative estimate of drug-likeness (QED) is 0.863. The fourth-order valence-electron chi connectivity index (χ4n) is 1.94. The predicted octanol–water partition coefficient (Wildman–Crippen LogP) is 4.44. The number of benzene rings is 1. The summed E-state index contributed by atoms with van der Waals surface area (Å²) in [5.41, 5.74) is 0.486. The summed E-state index contributed by atoms with van der Waals surface area (Å²) in [7, 11) is 0. The standard InChI is InChI=1S/C14H15F2NS/c1-9(12-6-5-11(15)8-13(12)16)17-10(2)14-4-3-7-18-14/h3-10,17H,1-2H3/t9?,10-/m0/s1. The molecule has 1 heterocycles. The zero-order chi connectivity index (χ0) is 13.1. The van der Waals surface area contributed by atoms with E-state index in [1.54, 1.807) is 11.3 Å². The zero-order valence-electron chi connectivity index (χ0n) is 10.3. The van der Waals surface area contributed by atoms with Crippen molar-refractivity contribution < 1.29 is 8.78 Å². The largest absolute Gasteiger partial charge is 0.303 e. The SMILES string of the molecule is CC(N[C@@H](C)c1cccs1)c1ccc(F)cc1F. The summed E-state index contributed by atoms with van der Waals surface area (Å²) in [5.74, 6) is -1.05. The maximum absolute atomic E-state index is 13.6. The average molecular weight is 267 g/mol. The Hall–Kier alpha value is -1.26. The van der Waals surface area contributed by atoms with Gasteiger partial charge in [-0.2, -0.15) is 0 Å². The number of halogens is 2. The summed E-state index contributed by atoms with van der Waals surface area (Å²) in [6.07, 6.45) is 0.